The van der Waals surface area contributed by atoms with E-state index >= 15 is 0 Å². The standard InChI is InChI=1S/C14H21N3OS/c1-9(16-13-7-8-19-10(13)2)11-3-5-12(6-4-11)17-14(15)18/h3-6,9-10,13,16H,7-8H2,1-2H3,(H3,15,17,18). The first-order chi connectivity index (χ1) is 9.06. The van der Waals surface area contributed by atoms with Crippen LogP contribution < -0.4 is 16.4 Å². The molecule has 0 spiro atoms. The first-order valence-corrected chi connectivity index (χ1v) is 7.65. The van der Waals surface area contributed by atoms with Gasteiger partial charge in [-0.25, -0.2) is 4.79 Å². The van der Waals surface area contributed by atoms with E-state index in [0.29, 0.717) is 17.3 Å². The zero-order valence-corrected chi connectivity index (χ0v) is 12.2. The summed E-state index contributed by atoms with van der Waals surface area (Å²) in [5.74, 6) is 1.24. The molecular weight excluding hydrogens is 258 g/mol. The number of anilines is 1. The quantitative estimate of drug-likeness (QED) is 0.794. The van der Waals surface area contributed by atoms with Gasteiger partial charge in [0.2, 0.25) is 0 Å². The fourth-order valence-electron chi connectivity index (χ4n) is 2.37. The van der Waals surface area contributed by atoms with E-state index in [9.17, 15) is 4.79 Å². The summed E-state index contributed by atoms with van der Waals surface area (Å²) in [7, 11) is 0. The number of rotatable bonds is 4. The second-order valence-corrected chi connectivity index (χ2v) is 6.46. The summed E-state index contributed by atoms with van der Waals surface area (Å²) in [6.45, 7) is 4.45. The van der Waals surface area contributed by atoms with Crippen LogP contribution in [-0.2, 0) is 0 Å². The average Bonchev–Trinajstić information content (AvgIpc) is 2.75. The van der Waals surface area contributed by atoms with Crippen LogP contribution in [0.1, 0.15) is 31.9 Å². The van der Waals surface area contributed by atoms with Gasteiger partial charge in [-0.3, -0.25) is 0 Å². The number of urea groups is 1. The van der Waals surface area contributed by atoms with Crippen molar-refractivity contribution in [2.24, 2.45) is 5.73 Å². The lowest BCUT2D eigenvalue weighted by Crippen LogP contribution is -2.35. The summed E-state index contributed by atoms with van der Waals surface area (Å²) in [4.78, 5) is 10.8. The zero-order chi connectivity index (χ0) is 13.8. The summed E-state index contributed by atoms with van der Waals surface area (Å²) >= 11 is 2.03. The van der Waals surface area contributed by atoms with Crippen LogP contribution in [0.4, 0.5) is 10.5 Å². The summed E-state index contributed by atoms with van der Waals surface area (Å²) < 4.78 is 0. The van der Waals surface area contributed by atoms with Gasteiger partial charge in [0.1, 0.15) is 0 Å². The first-order valence-electron chi connectivity index (χ1n) is 6.60. The molecule has 1 saturated heterocycles. The topological polar surface area (TPSA) is 67.2 Å². The molecule has 5 heteroatoms. The van der Waals surface area contributed by atoms with E-state index < -0.39 is 6.03 Å². The lowest BCUT2D eigenvalue weighted by Gasteiger charge is -2.22. The predicted octanol–water partition coefficient (Wildman–Crippen LogP) is 2.72. The maximum atomic E-state index is 10.8. The smallest absolute Gasteiger partial charge is 0.316 e. The van der Waals surface area contributed by atoms with Crippen molar-refractivity contribution in [3.05, 3.63) is 29.8 Å². The number of nitrogens with two attached hydrogens (primary N) is 1. The highest BCUT2D eigenvalue weighted by Gasteiger charge is 2.25. The van der Waals surface area contributed by atoms with Gasteiger partial charge < -0.3 is 16.4 Å². The number of primary amides is 1. The lowest BCUT2D eigenvalue weighted by molar-refractivity contribution is 0.259. The Morgan fingerprint density at radius 3 is 2.63 bits per heavy atom. The average molecular weight is 279 g/mol. The molecule has 0 saturated carbocycles. The predicted molar refractivity (Wildman–Crippen MR) is 81.5 cm³/mol. The van der Waals surface area contributed by atoms with Crippen LogP contribution in [0.5, 0.6) is 0 Å². The monoisotopic (exact) mass is 279 g/mol. The van der Waals surface area contributed by atoms with Crippen LogP contribution in [-0.4, -0.2) is 23.1 Å². The van der Waals surface area contributed by atoms with Crippen molar-refractivity contribution in [1.82, 2.24) is 5.32 Å². The second kappa shape index (κ2) is 6.30. The number of thioether (sulfide) groups is 1. The molecular formula is C14H21N3OS. The molecule has 2 rings (SSSR count). The third-order valence-electron chi connectivity index (χ3n) is 3.52. The molecule has 3 atom stereocenters. The third-order valence-corrected chi connectivity index (χ3v) is 4.84. The van der Waals surface area contributed by atoms with Crippen molar-refractivity contribution in [3.8, 4) is 0 Å². The molecule has 4 nitrogen and oxygen atoms in total. The van der Waals surface area contributed by atoms with Gasteiger partial charge in [0.15, 0.2) is 0 Å². The summed E-state index contributed by atoms with van der Waals surface area (Å²) in [5, 5.41) is 6.92. The highest BCUT2D eigenvalue weighted by molar-refractivity contribution is 8.00. The van der Waals surface area contributed by atoms with Crippen molar-refractivity contribution in [2.45, 2.75) is 37.6 Å². The lowest BCUT2D eigenvalue weighted by atomic mass is 10.1. The van der Waals surface area contributed by atoms with E-state index in [2.05, 4.69) is 24.5 Å². The molecule has 0 bridgehead atoms. The molecule has 0 aliphatic carbocycles. The molecule has 2 amide bonds. The Morgan fingerprint density at radius 2 is 2.11 bits per heavy atom. The molecule has 1 aliphatic heterocycles. The van der Waals surface area contributed by atoms with Crippen LogP contribution in [0.2, 0.25) is 0 Å². The van der Waals surface area contributed by atoms with Crippen molar-refractivity contribution in [3.63, 3.8) is 0 Å². The van der Waals surface area contributed by atoms with Crippen molar-refractivity contribution >= 4 is 23.5 Å². The van der Waals surface area contributed by atoms with Gasteiger partial charge in [0.05, 0.1) is 0 Å². The fourth-order valence-corrected chi connectivity index (χ4v) is 3.57. The van der Waals surface area contributed by atoms with Crippen LogP contribution in [0, 0.1) is 0 Å². The third kappa shape index (κ3) is 3.88. The van der Waals surface area contributed by atoms with Gasteiger partial charge in [0.25, 0.3) is 0 Å². The summed E-state index contributed by atoms with van der Waals surface area (Å²) in [6.07, 6.45) is 1.23. The molecule has 4 N–H and O–H groups in total. The Bertz CT molecular complexity index is 435. The summed E-state index contributed by atoms with van der Waals surface area (Å²) in [6, 6.07) is 8.18. The van der Waals surface area contributed by atoms with Crippen molar-refractivity contribution in [2.75, 3.05) is 11.1 Å². The van der Waals surface area contributed by atoms with Gasteiger partial charge >= 0.3 is 6.03 Å². The molecule has 1 aromatic rings. The van der Waals surface area contributed by atoms with Gasteiger partial charge in [-0.15, -0.1) is 0 Å². The van der Waals surface area contributed by atoms with E-state index in [0.717, 1.165) is 5.69 Å². The fraction of sp³-hybridized carbons (Fsp3) is 0.500. The highest BCUT2D eigenvalue weighted by Crippen LogP contribution is 2.28. The van der Waals surface area contributed by atoms with Crippen molar-refractivity contribution < 1.29 is 4.79 Å². The zero-order valence-electron chi connectivity index (χ0n) is 11.3. The van der Waals surface area contributed by atoms with Crippen LogP contribution in [0.25, 0.3) is 0 Å². The van der Waals surface area contributed by atoms with E-state index in [-0.39, 0.29) is 0 Å². The number of amides is 2. The Kier molecular flexibility index (Phi) is 4.71. The SMILES string of the molecule is CC(NC1CCSC1C)c1ccc(NC(N)=O)cc1. The molecule has 1 heterocycles. The Hall–Kier alpha value is -1.20. The minimum atomic E-state index is -0.532. The number of hydrogen-bond acceptors (Lipinski definition) is 3. The van der Waals surface area contributed by atoms with Crippen LogP contribution in [0.3, 0.4) is 0 Å². The maximum absolute atomic E-state index is 10.8. The normalized spacial score (nSPS) is 24.1. The van der Waals surface area contributed by atoms with Gasteiger partial charge in [0, 0.05) is 23.0 Å². The van der Waals surface area contributed by atoms with E-state index in [1.54, 1.807) is 0 Å². The first kappa shape index (κ1) is 14.2. The number of carbonyl (C=O) groups is 1. The Labute approximate surface area is 118 Å². The number of benzene rings is 1. The van der Waals surface area contributed by atoms with Gasteiger partial charge in [-0.05, 0) is 36.8 Å². The molecule has 19 heavy (non-hydrogen) atoms. The molecule has 1 fully saturated rings. The molecule has 3 unspecified atom stereocenters. The molecule has 0 aromatic heterocycles. The minimum Gasteiger partial charge on any atom is -0.351 e. The van der Waals surface area contributed by atoms with E-state index in [4.69, 9.17) is 5.73 Å². The Balaban J connectivity index is 1.95. The second-order valence-electron chi connectivity index (χ2n) is 4.97. The maximum Gasteiger partial charge on any atom is 0.316 e. The Morgan fingerprint density at radius 1 is 1.42 bits per heavy atom. The van der Waals surface area contributed by atoms with Gasteiger partial charge in [-0.2, -0.15) is 11.8 Å². The minimum absolute atomic E-state index is 0.314. The van der Waals surface area contributed by atoms with Crippen LogP contribution >= 0.6 is 11.8 Å². The molecule has 0 radical (unpaired) electrons. The molecule has 1 aliphatic rings. The number of nitrogens with one attached hydrogen (secondary N) is 2. The summed E-state index contributed by atoms with van der Waals surface area (Å²) in [5.41, 5.74) is 7.03. The number of carbonyl (C=O) groups excluding carboxylic acids is 1. The van der Waals surface area contributed by atoms with Crippen LogP contribution in [0.15, 0.2) is 24.3 Å². The van der Waals surface area contributed by atoms with Crippen molar-refractivity contribution in [1.29, 1.82) is 0 Å². The molecule has 1 aromatic carbocycles. The number of hydrogen-bond donors (Lipinski definition) is 3. The van der Waals surface area contributed by atoms with E-state index in [1.165, 1.54) is 17.7 Å². The van der Waals surface area contributed by atoms with Gasteiger partial charge in [-0.1, -0.05) is 19.1 Å². The highest BCUT2D eigenvalue weighted by atomic mass is 32.2. The van der Waals surface area contributed by atoms with E-state index in [1.807, 2.05) is 36.0 Å². The molecule has 104 valence electrons. The largest absolute Gasteiger partial charge is 0.351 e.